The molecule has 1 aliphatic rings. The number of hydrogen-bond donors (Lipinski definition) is 0. The Bertz CT molecular complexity index is 508. The maximum atomic E-state index is 6.07. The Balaban J connectivity index is 2.23. The molecule has 124 valence electrons. The van der Waals surface area contributed by atoms with Crippen molar-refractivity contribution < 1.29 is 9.47 Å². The molecule has 0 spiro atoms. The molecule has 6 heteroatoms. The van der Waals surface area contributed by atoms with E-state index in [9.17, 15) is 0 Å². The SMILES string of the molecule is COC(C)(C)C1CN(c2ccc(Cl)nc2CN(C)C)CCO1. The molecule has 1 saturated heterocycles. The predicted molar refractivity (Wildman–Crippen MR) is 89.7 cm³/mol. The summed E-state index contributed by atoms with van der Waals surface area (Å²) in [5.41, 5.74) is 1.80. The van der Waals surface area contributed by atoms with Crippen molar-refractivity contribution in [3.8, 4) is 0 Å². The van der Waals surface area contributed by atoms with Gasteiger partial charge in [-0.1, -0.05) is 11.6 Å². The third-order valence-electron chi connectivity index (χ3n) is 4.09. The van der Waals surface area contributed by atoms with Crippen LogP contribution in [0.4, 0.5) is 5.69 Å². The van der Waals surface area contributed by atoms with Gasteiger partial charge >= 0.3 is 0 Å². The Kier molecular flexibility index (Phi) is 5.66. The minimum absolute atomic E-state index is 0.0223. The molecule has 1 atom stereocenters. The van der Waals surface area contributed by atoms with E-state index < -0.39 is 0 Å². The highest BCUT2D eigenvalue weighted by atomic mass is 35.5. The van der Waals surface area contributed by atoms with Gasteiger partial charge in [0.05, 0.1) is 23.6 Å². The summed E-state index contributed by atoms with van der Waals surface area (Å²) in [6, 6.07) is 3.90. The Morgan fingerprint density at radius 1 is 1.45 bits per heavy atom. The van der Waals surface area contributed by atoms with Gasteiger partial charge in [0.1, 0.15) is 11.3 Å². The van der Waals surface area contributed by atoms with Gasteiger partial charge in [0.15, 0.2) is 0 Å². The molecule has 0 N–H and O–H groups in total. The van der Waals surface area contributed by atoms with Crippen molar-refractivity contribution in [3.63, 3.8) is 0 Å². The van der Waals surface area contributed by atoms with Crippen LogP contribution in [0.25, 0.3) is 0 Å². The minimum atomic E-state index is -0.319. The summed E-state index contributed by atoms with van der Waals surface area (Å²) in [5, 5.41) is 0.530. The summed E-state index contributed by atoms with van der Waals surface area (Å²) in [6.45, 7) is 7.18. The van der Waals surface area contributed by atoms with Gasteiger partial charge in [0.25, 0.3) is 0 Å². The van der Waals surface area contributed by atoms with Crippen molar-refractivity contribution in [1.29, 1.82) is 0 Å². The molecule has 1 aromatic heterocycles. The first-order valence-electron chi connectivity index (χ1n) is 7.55. The molecule has 0 aromatic carbocycles. The highest BCUT2D eigenvalue weighted by Crippen LogP contribution is 2.28. The largest absolute Gasteiger partial charge is 0.376 e. The summed E-state index contributed by atoms with van der Waals surface area (Å²) in [5.74, 6) is 0. The second-order valence-electron chi connectivity index (χ2n) is 6.45. The lowest BCUT2D eigenvalue weighted by molar-refractivity contribution is -0.113. The molecule has 0 saturated carbocycles. The standard InChI is InChI=1S/C16H26ClN3O2/c1-16(2,21-5)14-11-20(8-9-22-14)13-6-7-15(17)18-12(13)10-19(3)4/h6-7,14H,8-11H2,1-5H3. The third-order valence-corrected chi connectivity index (χ3v) is 4.30. The first kappa shape index (κ1) is 17.5. The van der Waals surface area contributed by atoms with Crippen LogP contribution in [0, 0.1) is 0 Å². The van der Waals surface area contributed by atoms with Gasteiger partial charge in [-0.05, 0) is 40.1 Å². The topological polar surface area (TPSA) is 37.8 Å². The van der Waals surface area contributed by atoms with Crippen molar-refractivity contribution in [2.75, 3.05) is 45.8 Å². The Hall–Kier alpha value is -0.880. The molecule has 1 aliphatic heterocycles. The normalized spacial score (nSPS) is 19.8. The van der Waals surface area contributed by atoms with Crippen LogP contribution in [0.5, 0.6) is 0 Å². The van der Waals surface area contributed by atoms with Crippen molar-refractivity contribution in [2.24, 2.45) is 0 Å². The average molecular weight is 328 g/mol. The molecular weight excluding hydrogens is 302 g/mol. The smallest absolute Gasteiger partial charge is 0.129 e. The van der Waals surface area contributed by atoms with E-state index in [0.29, 0.717) is 11.8 Å². The summed E-state index contributed by atoms with van der Waals surface area (Å²) < 4.78 is 11.5. The number of aromatic nitrogens is 1. The summed E-state index contributed by atoms with van der Waals surface area (Å²) in [4.78, 5) is 8.92. The molecule has 1 aromatic rings. The van der Waals surface area contributed by atoms with Crippen molar-refractivity contribution in [1.82, 2.24) is 9.88 Å². The molecule has 5 nitrogen and oxygen atoms in total. The van der Waals surface area contributed by atoms with Gasteiger partial charge in [-0.15, -0.1) is 0 Å². The van der Waals surface area contributed by atoms with Gasteiger partial charge in [0.2, 0.25) is 0 Å². The number of halogens is 1. The zero-order valence-electron chi connectivity index (χ0n) is 14.1. The fraction of sp³-hybridized carbons (Fsp3) is 0.688. The van der Waals surface area contributed by atoms with Crippen LogP contribution in [-0.4, -0.2) is 62.5 Å². The molecule has 2 rings (SSSR count). The van der Waals surface area contributed by atoms with E-state index >= 15 is 0 Å². The number of rotatable bonds is 5. The molecule has 0 radical (unpaired) electrons. The van der Waals surface area contributed by atoms with Crippen molar-refractivity contribution in [2.45, 2.75) is 32.1 Å². The summed E-state index contributed by atoms with van der Waals surface area (Å²) in [7, 11) is 5.79. The lowest BCUT2D eigenvalue weighted by Gasteiger charge is -2.41. The highest BCUT2D eigenvalue weighted by molar-refractivity contribution is 6.29. The van der Waals surface area contributed by atoms with E-state index in [1.54, 1.807) is 7.11 Å². The second-order valence-corrected chi connectivity index (χ2v) is 6.84. The highest BCUT2D eigenvalue weighted by Gasteiger charge is 2.35. The zero-order valence-corrected chi connectivity index (χ0v) is 14.9. The average Bonchev–Trinajstić information content (AvgIpc) is 2.47. The van der Waals surface area contributed by atoms with Crippen LogP contribution in [0.3, 0.4) is 0 Å². The second kappa shape index (κ2) is 7.13. The number of morpholine rings is 1. The van der Waals surface area contributed by atoms with E-state index in [1.165, 1.54) is 0 Å². The quantitative estimate of drug-likeness (QED) is 0.777. The first-order valence-corrected chi connectivity index (χ1v) is 7.93. The minimum Gasteiger partial charge on any atom is -0.376 e. The van der Waals surface area contributed by atoms with Crippen LogP contribution in [0.15, 0.2) is 12.1 Å². The lowest BCUT2D eigenvalue weighted by Crippen LogP contribution is -2.53. The van der Waals surface area contributed by atoms with E-state index in [1.807, 2.05) is 20.2 Å². The molecular formula is C16H26ClN3O2. The van der Waals surface area contributed by atoms with Crippen LogP contribution in [0.2, 0.25) is 5.15 Å². The van der Waals surface area contributed by atoms with Gasteiger partial charge in [-0.25, -0.2) is 4.98 Å². The Labute approximate surface area is 138 Å². The van der Waals surface area contributed by atoms with E-state index in [-0.39, 0.29) is 11.7 Å². The fourth-order valence-corrected chi connectivity index (χ4v) is 2.76. The van der Waals surface area contributed by atoms with Gasteiger partial charge in [0, 0.05) is 26.7 Å². The number of anilines is 1. The monoisotopic (exact) mass is 327 g/mol. The summed E-state index contributed by atoms with van der Waals surface area (Å²) >= 11 is 6.07. The fourth-order valence-electron chi connectivity index (χ4n) is 2.59. The molecule has 1 unspecified atom stereocenters. The maximum absolute atomic E-state index is 6.07. The van der Waals surface area contributed by atoms with Crippen LogP contribution >= 0.6 is 11.6 Å². The first-order chi connectivity index (χ1) is 10.3. The Morgan fingerprint density at radius 2 is 2.18 bits per heavy atom. The van der Waals surface area contributed by atoms with Crippen LogP contribution < -0.4 is 4.90 Å². The van der Waals surface area contributed by atoms with Crippen molar-refractivity contribution >= 4 is 17.3 Å². The molecule has 1 fully saturated rings. The van der Waals surface area contributed by atoms with Crippen molar-refractivity contribution in [3.05, 3.63) is 23.0 Å². The zero-order chi connectivity index (χ0) is 16.3. The van der Waals surface area contributed by atoms with Gasteiger partial charge < -0.3 is 19.3 Å². The lowest BCUT2D eigenvalue weighted by atomic mass is 9.99. The molecule has 0 aliphatic carbocycles. The number of pyridine rings is 1. The maximum Gasteiger partial charge on any atom is 0.129 e. The third kappa shape index (κ3) is 4.10. The van der Waals surface area contributed by atoms with Crippen LogP contribution in [-0.2, 0) is 16.0 Å². The number of ether oxygens (including phenoxy) is 2. The van der Waals surface area contributed by atoms with Gasteiger partial charge in [-0.2, -0.15) is 0 Å². The molecule has 22 heavy (non-hydrogen) atoms. The Morgan fingerprint density at radius 3 is 2.82 bits per heavy atom. The molecule has 2 heterocycles. The van der Waals surface area contributed by atoms with Crippen LogP contribution in [0.1, 0.15) is 19.5 Å². The predicted octanol–water partition coefficient (Wildman–Crippen LogP) is 2.43. The number of hydrogen-bond acceptors (Lipinski definition) is 5. The molecule has 0 bridgehead atoms. The van der Waals surface area contributed by atoms with E-state index in [2.05, 4.69) is 34.7 Å². The van der Waals surface area contributed by atoms with E-state index in [4.69, 9.17) is 21.1 Å². The van der Waals surface area contributed by atoms with E-state index in [0.717, 1.165) is 31.0 Å². The summed E-state index contributed by atoms with van der Waals surface area (Å²) in [6.07, 6.45) is 0.0223. The van der Waals surface area contributed by atoms with Gasteiger partial charge in [-0.3, -0.25) is 0 Å². The molecule has 0 amide bonds. The number of nitrogens with zero attached hydrogens (tertiary/aromatic N) is 3. The number of methoxy groups -OCH3 is 1.